The first-order chi connectivity index (χ1) is 13.1. The predicted molar refractivity (Wildman–Crippen MR) is 95.3 cm³/mol. The van der Waals surface area contributed by atoms with Crippen molar-refractivity contribution in [1.82, 2.24) is 15.5 Å². The number of pyridine rings is 1. The van der Waals surface area contributed by atoms with E-state index in [0.29, 0.717) is 11.3 Å². The van der Waals surface area contributed by atoms with Crippen molar-refractivity contribution in [3.8, 4) is 11.3 Å². The molecule has 0 saturated carbocycles. The number of primary amides is 1. The van der Waals surface area contributed by atoms with Crippen LogP contribution < -0.4 is 11.1 Å². The van der Waals surface area contributed by atoms with Crippen LogP contribution >= 0.6 is 0 Å². The van der Waals surface area contributed by atoms with Crippen LogP contribution in [0.1, 0.15) is 15.9 Å². The smallest absolute Gasteiger partial charge is 0.287 e. The Kier molecular flexibility index (Phi) is 5.36. The van der Waals surface area contributed by atoms with Gasteiger partial charge >= 0.3 is 0 Å². The summed E-state index contributed by atoms with van der Waals surface area (Å²) in [5.41, 5.74) is 6.97. The average molecular weight is 364 g/mol. The Balaban J connectivity index is 1.84. The van der Waals surface area contributed by atoms with Gasteiger partial charge in [-0.3, -0.25) is 19.4 Å². The number of ketones is 1. The second kappa shape index (κ2) is 8.05. The third-order valence-electron chi connectivity index (χ3n) is 3.92. The first-order valence-corrected chi connectivity index (χ1v) is 8.09. The van der Waals surface area contributed by atoms with Crippen molar-refractivity contribution in [2.24, 2.45) is 5.73 Å². The molecule has 0 saturated heterocycles. The van der Waals surface area contributed by atoms with E-state index in [9.17, 15) is 14.4 Å². The van der Waals surface area contributed by atoms with Crippen LogP contribution in [-0.2, 0) is 16.0 Å². The molecular formula is C19H16N4O4. The number of carbonyl (C=O) groups is 3. The second-order valence-electron chi connectivity index (χ2n) is 5.76. The number of carbonyl (C=O) groups excluding carboxylic acids is 3. The molecule has 0 radical (unpaired) electrons. The Bertz CT molecular complexity index is 954. The molecule has 136 valence electrons. The van der Waals surface area contributed by atoms with Crippen LogP contribution in [0.5, 0.6) is 0 Å². The first kappa shape index (κ1) is 18.0. The van der Waals surface area contributed by atoms with Gasteiger partial charge < -0.3 is 15.6 Å². The zero-order valence-corrected chi connectivity index (χ0v) is 14.2. The molecule has 1 unspecified atom stereocenters. The van der Waals surface area contributed by atoms with Gasteiger partial charge in [0.1, 0.15) is 23.6 Å². The quantitative estimate of drug-likeness (QED) is 0.605. The molecule has 0 aliphatic heterocycles. The SMILES string of the molecule is NC(=O)C(=O)C(Cc1ccccc1)NC(=O)c1conc1-c1ccncc1. The van der Waals surface area contributed by atoms with E-state index < -0.39 is 23.6 Å². The van der Waals surface area contributed by atoms with Crippen molar-refractivity contribution in [2.75, 3.05) is 0 Å². The molecule has 1 aromatic carbocycles. The maximum absolute atomic E-state index is 12.7. The normalized spacial score (nSPS) is 11.6. The molecule has 2 amide bonds. The van der Waals surface area contributed by atoms with Crippen LogP contribution in [0.4, 0.5) is 0 Å². The molecule has 3 rings (SSSR count). The molecule has 0 bridgehead atoms. The number of hydrogen-bond donors (Lipinski definition) is 2. The highest BCUT2D eigenvalue weighted by Gasteiger charge is 2.27. The number of Topliss-reactive ketones (excluding diaryl/α,β-unsaturated/α-hetero) is 1. The molecule has 0 aliphatic rings. The van der Waals surface area contributed by atoms with Crippen LogP contribution in [-0.4, -0.2) is 33.8 Å². The molecule has 27 heavy (non-hydrogen) atoms. The minimum absolute atomic E-state index is 0.129. The van der Waals surface area contributed by atoms with E-state index >= 15 is 0 Å². The van der Waals surface area contributed by atoms with Gasteiger partial charge in [-0.1, -0.05) is 35.5 Å². The molecule has 2 aromatic heterocycles. The summed E-state index contributed by atoms with van der Waals surface area (Å²) in [7, 11) is 0. The molecule has 0 fully saturated rings. The molecule has 3 N–H and O–H groups in total. The highest BCUT2D eigenvalue weighted by Crippen LogP contribution is 2.21. The highest BCUT2D eigenvalue weighted by atomic mass is 16.5. The fraction of sp³-hybridized carbons (Fsp3) is 0.105. The van der Waals surface area contributed by atoms with Crippen LogP contribution in [0.25, 0.3) is 11.3 Å². The minimum atomic E-state index is -1.11. The van der Waals surface area contributed by atoms with Gasteiger partial charge in [-0.05, 0) is 17.7 Å². The maximum Gasteiger partial charge on any atom is 0.287 e. The third kappa shape index (κ3) is 4.24. The van der Waals surface area contributed by atoms with Gasteiger partial charge in [0.25, 0.3) is 11.8 Å². The van der Waals surface area contributed by atoms with Crippen molar-refractivity contribution >= 4 is 17.6 Å². The van der Waals surface area contributed by atoms with Gasteiger partial charge in [-0.2, -0.15) is 0 Å². The molecule has 8 nitrogen and oxygen atoms in total. The number of hydrogen-bond acceptors (Lipinski definition) is 6. The van der Waals surface area contributed by atoms with Crippen LogP contribution in [0.2, 0.25) is 0 Å². The first-order valence-electron chi connectivity index (χ1n) is 8.09. The average Bonchev–Trinajstić information content (AvgIpc) is 3.18. The number of nitrogens with two attached hydrogens (primary N) is 1. The van der Waals surface area contributed by atoms with Crippen molar-refractivity contribution < 1.29 is 18.9 Å². The Morgan fingerprint density at radius 1 is 1.07 bits per heavy atom. The summed E-state index contributed by atoms with van der Waals surface area (Å²) in [6.45, 7) is 0. The monoisotopic (exact) mass is 364 g/mol. The highest BCUT2D eigenvalue weighted by molar-refractivity contribution is 6.38. The Morgan fingerprint density at radius 2 is 1.78 bits per heavy atom. The summed E-state index contributed by atoms with van der Waals surface area (Å²) in [6.07, 6.45) is 4.42. The summed E-state index contributed by atoms with van der Waals surface area (Å²) >= 11 is 0. The molecule has 1 atom stereocenters. The Hall–Kier alpha value is -3.81. The lowest BCUT2D eigenvalue weighted by molar-refractivity contribution is -0.137. The minimum Gasteiger partial charge on any atom is -0.363 e. The van der Waals surface area contributed by atoms with E-state index in [1.54, 1.807) is 48.8 Å². The summed E-state index contributed by atoms with van der Waals surface area (Å²) in [4.78, 5) is 40.2. The van der Waals surface area contributed by atoms with Crippen molar-refractivity contribution in [2.45, 2.75) is 12.5 Å². The number of rotatable bonds is 7. The number of nitrogens with one attached hydrogen (secondary N) is 1. The topological polar surface area (TPSA) is 128 Å². The van der Waals surface area contributed by atoms with Gasteiger partial charge in [0.05, 0.1) is 0 Å². The number of nitrogens with zero attached hydrogens (tertiary/aromatic N) is 2. The number of amides is 2. The van der Waals surface area contributed by atoms with Crippen LogP contribution in [0, 0.1) is 0 Å². The predicted octanol–water partition coefficient (Wildman–Crippen LogP) is 1.13. The molecule has 2 heterocycles. The van der Waals surface area contributed by atoms with E-state index in [-0.39, 0.29) is 12.0 Å². The molecule has 0 spiro atoms. The summed E-state index contributed by atoms with van der Waals surface area (Å²) in [6, 6.07) is 11.2. The Morgan fingerprint density at radius 3 is 2.44 bits per heavy atom. The van der Waals surface area contributed by atoms with Crippen LogP contribution in [0.3, 0.4) is 0 Å². The van der Waals surface area contributed by atoms with E-state index in [1.807, 2.05) is 6.07 Å². The lowest BCUT2D eigenvalue weighted by Crippen LogP contribution is -2.47. The van der Waals surface area contributed by atoms with Gasteiger partial charge in [0.15, 0.2) is 0 Å². The summed E-state index contributed by atoms with van der Waals surface area (Å²) in [5, 5.41) is 6.39. The number of aromatic nitrogens is 2. The van der Waals surface area contributed by atoms with Crippen molar-refractivity contribution in [3.05, 3.63) is 72.2 Å². The van der Waals surface area contributed by atoms with Gasteiger partial charge in [-0.25, -0.2) is 0 Å². The molecule has 0 aliphatic carbocycles. The lowest BCUT2D eigenvalue weighted by atomic mass is 10.0. The molecule has 8 heteroatoms. The van der Waals surface area contributed by atoms with Gasteiger partial charge in [0.2, 0.25) is 5.78 Å². The maximum atomic E-state index is 12.7. The van der Waals surface area contributed by atoms with Crippen molar-refractivity contribution in [1.29, 1.82) is 0 Å². The summed E-state index contributed by atoms with van der Waals surface area (Å²) in [5.74, 6) is -2.59. The standard InChI is InChI=1S/C19H16N4O4/c20-18(25)17(24)15(10-12-4-2-1-3-5-12)22-19(26)14-11-27-23-16(14)13-6-8-21-9-7-13/h1-9,11,15H,10H2,(H2,20,25)(H,22,26). The third-order valence-corrected chi connectivity index (χ3v) is 3.92. The molecule has 3 aromatic rings. The van der Waals surface area contributed by atoms with E-state index in [0.717, 1.165) is 5.56 Å². The van der Waals surface area contributed by atoms with Gasteiger partial charge in [-0.15, -0.1) is 0 Å². The zero-order valence-electron chi connectivity index (χ0n) is 14.2. The lowest BCUT2D eigenvalue weighted by Gasteiger charge is -2.16. The second-order valence-corrected chi connectivity index (χ2v) is 5.76. The van der Waals surface area contributed by atoms with Gasteiger partial charge in [0, 0.05) is 24.4 Å². The zero-order chi connectivity index (χ0) is 19.2. The molecular weight excluding hydrogens is 348 g/mol. The van der Waals surface area contributed by atoms with E-state index in [4.69, 9.17) is 10.3 Å². The number of benzene rings is 1. The summed E-state index contributed by atoms with van der Waals surface area (Å²) < 4.78 is 4.92. The van der Waals surface area contributed by atoms with Crippen molar-refractivity contribution in [3.63, 3.8) is 0 Å². The largest absolute Gasteiger partial charge is 0.363 e. The van der Waals surface area contributed by atoms with Crippen LogP contribution in [0.15, 0.2) is 65.6 Å². The van der Waals surface area contributed by atoms with E-state index in [1.165, 1.54) is 6.26 Å². The fourth-order valence-corrected chi connectivity index (χ4v) is 2.58. The fourth-order valence-electron chi connectivity index (χ4n) is 2.58. The van der Waals surface area contributed by atoms with E-state index in [2.05, 4.69) is 15.5 Å². The Labute approximate surface area is 154 Å².